The Morgan fingerprint density at radius 2 is 1.75 bits per heavy atom. The van der Waals surface area contributed by atoms with Crippen LogP contribution in [0.1, 0.15) is 21.8 Å². The lowest BCUT2D eigenvalue weighted by Gasteiger charge is -2.20. The summed E-state index contributed by atoms with van der Waals surface area (Å²) in [5.41, 5.74) is -0.912. The average Bonchev–Trinajstić information content (AvgIpc) is 2.66. The van der Waals surface area contributed by atoms with Crippen LogP contribution >= 0.6 is 0 Å². The maximum absolute atomic E-state index is 13.0. The first-order chi connectivity index (χ1) is 13.3. The molecule has 3 rings (SSSR count). The Morgan fingerprint density at radius 1 is 1.07 bits per heavy atom. The van der Waals surface area contributed by atoms with E-state index in [2.05, 4.69) is 4.74 Å². The van der Waals surface area contributed by atoms with Gasteiger partial charge in [0.1, 0.15) is 28.1 Å². The molecule has 3 aromatic rings. The van der Waals surface area contributed by atoms with E-state index in [4.69, 9.17) is 9.52 Å². The highest BCUT2D eigenvalue weighted by molar-refractivity contribution is 6.06. The van der Waals surface area contributed by atoms with Crippen molar-refractivity contribution in [2.75, 3.05) is 20.3 Å². The number of phenols is 2. The van der Waals surface area contributed by atoms with E-state index in [1.54, 1.807) is 0 Å². The largest absolute Gasteiger partial charge is 0.508 e. The molecule has 0 aliphatic heterocycles. The topological polar surface area (TPSA) is 158 Å². The van der Waals surface area contributed by atoms with Crippen LogP contribution in [0, 0.1) is 0 Å². The first kappa shape index (κ1) is 19.6. The van der Waals surface area contributed by atoms with Crippen LogP contribution in [-0.2, 0) is 4.74 Å². The summed E-state index contributed by atoms with van der Waals surface area (Å²) in [4.78, 5) is 24.9. The molecule has 0 bridgehead atoms. The molecule has 2 atom stereocenters. The van der Waals surface area contributed by atoms with Crippen LogP contribution in [0.2, 0.25) is 0 Å². The number of fused-ring (bicyclic) bond motifs is 2. The van der Waals surface area contributed by atoms with E-state index < -0.39 is 42.4 Å². The van der Waals surface area contributed by atoms with E-state index in [0.29, 0.717) is 0 Å². The lowest BCUT2D eigenvalue weighted by atomic mass is 9.93. The summed E-state index contributed by atoms with van der Waals surface area (Å²) in [5, 5.41) is 48.3. The van der Waals surface area contributed by atoms with Gasteiger partial charge in [-0.1, -0.05) is 0 Å². The molecule has 0 radical (unpaired) electrons. The van der Waals surface area contributed by atoms with Crippen LogP contribution in [0.15, 0.2) is 33.5 Å². The number of methoxy groups -OCH3 is 1. The highest BCUT2D eigenvalue weighted by Gasteiger charge is 2.24. The second kappa shape index (κ2) is 7.47. The van der Waals surface area contributed by atoms with Gasteiger partial charge in [0, 0.05) is 12.0 Å². The summed E-state index contributed by atoms with van der Waals surface area (Å²) < 4.78 is 10.2. The second-order valence-corrected chi connectivity index (χ2v) is 6.24. The Labute approximate surface area is 157 Å². The number of hydrogen-bond acceptors (Lipinski definition) is 9. The monoisotopic (exact) mass is 390 g/mol. The molecule has 28 heavy (non-hydrogen) atoms. The van der Waals surface area contributed by atoms with Gasteiger partial charge in [-0.2, -0.15) is 0 Å². The molecule has 0 aliphatic carbocycles. The average molecular weight is 390 g/mol. The van der Waals surface area contributed by atoms with E-state index >= 15 is 0 Å². The van der Waals surface area contributed by atoms with E-state index in [-0.39, 0.29) is 38.8 Å². The smallest absolute Gasteiger partial charge is 0.338 e. The number of carbonyl (C=O) groups is 1. The van der Waals surface area contributed by atoms with Gasteiger partial charge < -0.3 is 34.7 Å². The van der Waals surface area contributed by atoms with Crippen molar-refractivity contribution in [1.82, 2.24) is 0 Å². The summed E-state index contributed by atoms with van der Waals surface area (Å²) in [7, 11) is 1.12. The molecule has 0 aliphatic rings. The van der Waals surface area contributed by atoms with E-state index in [1.165, 1.54) is 12.1 Å². The molecule has 1 aromatic heterocycles. The SMILES string of the molecule is COC(=O)c1cc(O)cc2oc3cc(C(CO)C(O)CO)cc(O)c3c(=O)c12. The van der Waals surface area contributed by atoms with Crippen LogP contribution in [0.25, 0.3) is 21.9 Å². The van der Waals surface area contributed by atoms with Crippen molar-refractivity contribution in [3.63, 3.8) is 0 Å². The van der Waals surface area contributed by atoms with Crippen molar-refractivity contribution >= 4 is 27.9 Å². The summed E-state index contributed by atoms with van der Waals surface area (Å²) in [6, 6.07) is 4.70. The molecular weight excluding hydrogens is 372 g/mol. The van der Waals surface area contributed by atoms with Gasteiger partial charge in [0.25, 0.3) is 0 Å². The summed E-state index contributed by atoms with van der Waals surface area (Å²) >= 11 is 0. The molecular formula is C19H18O9. The maximum Gasteiger partial charge on any atom is 0.338 e. The number of esters is 1. The molecule has 1 heterocycles. The second-order valence-electron chi connectivity index (χ2n) is 6.24. The minimum atomic E-state index is -1.30. The summed E-state index contributed by atoms with van der Waals surface area (Å²) in [6.07, 6.45) is -1.30. The number of aromatic hydroxyl groups is 2. The molecule has 148 valence electrons. The number of hydrogen-bond donors (Lipinski definition) is 5. The Kier molecular flexibility index (Phi) is 5.23. The van der Waals surface area contributed by atoms with Gasteiger partial charge in [-0.25, -0.2) is 4.79 Å². The highest BCUT2D eigenvalue weighted by atomic mass is 16.5. The zero-order valence-corrected chi connectivity index (χ0v) is 14.7. The molecule has 5 N–H and O–H groups in total. The van der Waals surface area contributed by atoms with Crippen molar-refractivity contribution in [1.29, 1.82) is 0 Å². The van der Waals surface area contributed by atoms with Gasteiger partial charge in [0.15, 0.2) is 0 Å². The Morgan fingerprint density at radius 3 is 2.36 bits per heavy atom. The number of aliphatic hydroxyl groups excluding tert-OH is 3. The van der Waals surface area contributed by atoms with Gasteiger partial charge in [-0.15, -0.1) is 0 Å². The van der Waals surface area contributed by atoms with Crippen molar-refractivity contribution in [2.45, 2.75) is 12.0 Å². The molecule has 0 fully saturated rings. The van der Waals surface area contributed by atoms with E-state index in [9.17, 15) is 30.0 Å². The Balaban J connectivity index is 2.37. The molecule has 2 unspecified atom stereocenters. The minimum Gasteiger partial charge on any atom is -0.508 e. The fourth-order valence-electron chi connectivity index (χ4n) is 3.15. The third kappa shape index (κ3) is 3.15. The lowest BCUT2D eigenvalue weighted by Crippen LogP contribution is -2.25. The van der Waals surface area contributed by atoms with Gasteiger partial charge in [-0.3, -0.25) is 4.79 Å². The van der Waals surface area contributed by atoms with Crippen LogP contribution in [0.3, 0.4) is 0 Å². The van der Waals surface area contributed by atoms with Crippen LogP contribution in [-0.4, -0.2) is 57.9 Å². The standard InChI is InChI=1S/C19H18O9/c1-27-19(26)10-4-9(22)5-15-16(10)18(25)17-12(23)2-8(3-14(17)28-15)11(6-20)13(24)7-21/h2-5,11,13,20-24H,6-7H2,1H3. The number of aliphatic hydroxyl groups is 3. The van der Waals surface area contributed by atoms with Gasteiger partial charge in [0.05, 0.1) is 37.4 Å². The molecule has 9 nitrogen and oxygen atoms in total. The quantitative estimate of drug-likeness (QED) is 0.310. The number of phenolic OH excluding ortho intramolecular Hbond substituents is 2. The third-order valence-electron chi connectivity index (χ3n) is 4.55. The van der Waals surface area contributed by atoms with Gasteiger partial charge in [0.2, 0.25) is 5.43 Å². The molecule has 2 aromatic carbocycles. The van der Waals surface area contributed by atoms with Crippen LogP contribution < -0.4 is 5.43 Å². The predicted octanol–water partition coefficient (Wildman–Crippen LogP) is 0.573. The number of rotatable bonds is 5. The van der Waals surface area contributed by atoms with Crippen LogP contribution in [0.4, 0.5) is 0 Å². The molecule has 0 spiro atoms. The first-order valence-electron chi connectivity index (χ1n) is 8.26. The zero-order valence-electron chi connectivity index (χ0n) is 14.7. The maximum atomic E-state index is 13.0. The molecule has 0 saturated carbocycles. The highest BCUT2D eigenvalue weighted by Crippen LogP contribution is 2.33. The van der Waals surface area contributed by atoms with Crippen molar-refractivity contribution in [2.24, 2.45) is 0 Å². The van der Waals surface area contributed by atoms with Gasteiger partial charge in [-0.05, 0) is 23.8 Å². The minimum absolute atomic E-state index is 0.0856. The molecule has 0 saturated heterocycles. The van der Waals surface area contributed by atoms with E-state index in [1.807, 2.05) is 0 Å². The molecule has 9 heteroatoms. The normalized spacial score (nSPS) is 13.6. The Bertz CT molecular complexity index is 1120. The fraction of sp³-hybridized carbons (Fsp3) is 0.263. The fourth-order valence-corrected chi connectivity index (χ4v) is 3.15. The summed E-state index contributed by atoms with van der Waals surface area (Å²) in [5.74, 6) is -2.62. The van der Waals surface area contributed by atoms with E-state index in [0.717, 1.165) is 19.2 Å². The van der Waals surface area contributed by atoms with Gasteiger partial charge >= 0.3 is 5.97 Å². The number of benzene rings is 2. The first-order valence-corrected chi connectivity index (χ1v) is 8.26. The third-order valence-corrected chi connectivity index (χ3v) is 4.55. The predicted molar refractivity (Wildman–Crippen MR) is 97.6 cm³/mol. The van der Waals surface area contributed by atoms with Crippen molar-refractivity contribution in [3.05, 3.63) is 45.6 Å². The van der Waals surface area contributed by atoms with Crippen LogP contribution in [0.5, 0.6) is 11.5 Å². The number of ether oxygens (including phenoxy) is 1. The molecule has 0 amide bonds. The van der Waals surface area contributed by atoms with Crippen molar-refractivity contribution < 1.29 is 39.5 Å². The lowest BCUT2D eigenvalue weighted by molar-refractivity contribution is 0.0526. The number of carbonyl (C=O) groups excluding carboxylic acids is 1. The Hall–Kier alpha value is -3.14. The van der Waals surface area contributed by atoms with Crippen molar-refractivity contribution in [3.8, 4) is 11.5 Å². The zero-order chi connectivity index (χ0) is 20.6. The summed E-state index contributed by atoms with van der Waals surface area (Å²) in [6.45, 7) is -1.15.